The van der Waals surface area contributed by atoms with Gasteiger partial charge in [-0.2, -0.15) is 0 Å². The van der Waals surface area contributed by atoms with Crippen LogP contribution in [-0.2, 0) is 0 Å². The standard InChI is InChI=1S/C15H16N2O3S/c1-10-9-12(16-14(18)11-5-4-8-20-11)21-13(10)15(19)17-6-2-3-7-17/h4-5,8-9H,2-3,6-7H2,1H3,(H,16,18). The number of furan rings is 1. The van der Waals surface area contributed by atoms with E-state index in [1.54, 1.807) is 12.1 Å². The van der Waals surface area contributed by atoms with Crippen molar-refractivity contribution in [2.45, 2.75) is 19.8 Å². The molecule has 0 aromatic carbocycles. The third-order valence-electron chi connectivity index (χ3n) is 3.49. The van der Waals surface area contributed by atoms with E-state index >= 15 is 0 Å². The molecule has 0 atom stereocenters. The highest BCUT2D eigenvalue weighted by atomic mass is 32.1. The van der Waals surface area contributed by atoms with E-state index in [4.69, 9.17) is 4.42 Å². The monoisotopic (exact) mass is 304 g/mol. The Labute approximate surface area is 126 Å². The molecule has 110 valence electrons. The van der Waals surface area contributed by atoms with Gasteiger partial charge in [-0.05, 0) is 43.5 Å². The fourth-order valence-corrected chi connectivity index (χ4v) is 3.44. The molecular formula is C15H16N2O3S. The van der Waals surface area contributed by atoms with Crippen LogP contribution in [0.1, 0.15) is 38.6 Å². The lowest BCUT2D eigenvalue weighted by atomic mass is 10.2. The summed E-state index contributed by atoms with van der Waals surface area (Å²) in [6.45, 7) is 3.54. The Hall–Kier alpha value is -2.08. The second-order valence-electron chi connectivity index (χ2n) is 5.05. The minimum absolute atomic E-state index is 0.0634. The number of amides is 2. The van der Waals surface area contributed by atoms with Gasteiger partial charge in [0.25, 0.3) is 11.8 Å². The highest BCUT2D eigenvalue weighted by molar-refractivity contribution is 7.18. The van der Waals surface area contributed by atoms with Gasteiger partial charge < -0.3 is 14.6 Å². The molecule has 0 unspecified atom stereocenters. The van der Waals surface area contributed by atoms with E-state index in [1.807, 2.05) is 17.9 Å². The summed E-state index contributed by atoms with van der Waals surface area (Å²) in [5.74, 6) is 0.0170. The van der Waals surface area contributed by atoms with Crippen LogP contribution in [0.15, 0.2) is 28.9 Å². The summed E-state index contributed by atoms with van der Waals surface area (Å²) in [5.41, 5.74) is 0.895. The first-order valence-corrected chi connectivity index (χ1v) is 7.71. The molecular weight excluding hydrogens is 288 g/mol. The Balaban J connectivity index is 1.75. The van der Waals surface area contributed by atoms with Crippen molar-refractivity contribution in [2.75, 3.05) is 18.4 Å². The first-order valence-electron chi connectivity index (χ1n) is 6.90. The summed E-state index contributed by atoms with van der Waals surface area (Å²) in [6.07, 6.45) is 3.59. The van der Waals surface area contributed by atoms with Gasteiger partial charge >= 0.3 is 0 Å². The number of carbonyl (C=O) groups is 2. The Morgan fingerprint density at radius 3 is 2.76 bits per heavy atom. The molecule has 0 saturated carbocycles. The second kappa shape index (κ2) is 5.73. The van der Waals surface area contributed by atoms with E-state index < -0.39 is 0 Å². The third-order valence-corrected chi connectivity index (χ3v) is 4.63. The van der Waals surface area contributed by atoms with E-state index in [0.717, 1.165) is 31.5 Å². The van der Waals surface area contributed by atoms with Crippen LogP contribution in [0.25, 0.3) is 0 Å². The molecule has 1 fully saturated rings. The molecule has 6 heteroatoms. The van der Waals surface area contributed by atoms with E-state index in [9.17, 15) is 9.59 Å². The normalized spacial score (nSPS) is 14.4. The van der Waals surface area contributed by atoms with Gasteiger partial charge in [-0.15, -0.1) is 11.3 Å². The van der Waals surface area contributed by atoms with Crippen LogP contribution < -0.4 is 5.32 Å². The van der Waals surface area contributed by atoms with Crippen LogP contribution in [0, 0.1) is 6.92 Å². The molecule has 2 amide bonds. The van der Waals surface area contributed by atoms with Gasteiger partial charge in [0, 0.05) is 13.1 Å². The number of carbonyl (C=O) groups excluding carboxylic acids is 2. The van der Waals surface area contributed by atoms with Gasteiger partial charge in [-0.3, -0.25) is 9.59 Å². The zero-order valence-corrected chi connectivity index (χ0v) is 12.5. The molecule has 0 spiro atoms. The van der Waals surface area contributed by atoms with Gasteiger partial charge in [-0.1, -0.05) is 0 Å². The summed E-state index contributed by atoms with van der Waals surface area (Å²) in [7, 11) is 0. The van der Waals surface area contributed by atoms with Crippen molar-refractivity contribution in [1.82, 2.24) is 4.90 Å². The Morgan fingerprint density at radius 2 is 2.10 bits per heavy atom. The number of nitrogens with zero attached hydrogens (tertiary/aromatic N) is 1. The van der Waals surface area contributed by atoms with Crippen molar-refractivity contribution in [3.8, 4) is 0 Å². The summed E-state index contributed by atoms with van der Waals surface area (Å²) >= 11 is 1.32. The average Bonchev–Trinajstić information content (AvgIpc) is 3.20. The largest absolute Gasteiger partial charge is 0.459 e. The lowest BCUT2D eigenvalue weighted by Gasteiger charge is -2.14. The van der Waals surface area contributed by atoms with Gasteiger partial charge in [0.15, 0.2) is 5.76 Å². The lowest BCUT2D eigenvalue weighted by molar-refractivity contribution is 0.0796. The van der Waals surface area contributed by atoms with Gasteiger partial charge in [0.1, 0.15) is 0 Å². The molecule has 5 nitrogen and oxygen atoms in total. The van der Waals surface area contributed by atoms with Gasteiger partial charge in [0.05, 0.1) is 16.1 Å². The quantitative estimate of drug-likeness (QED) is 0.947. The topological polar surface area (TPSA) is 62.6 Å². The zero-order valence-electron chi connectivity index (χ0n) is 11.7. The molecule has 0 radical (unpaired) electrons. The highest BCUT2D eigenvalue weighted by Crippen LogP contribution is 2.29. The van der Waals surface area contributed by atoms with Crippen molar-refractivity contribution in [2.24, 2.45) is 0 Å². The predicted octanol–water partition coefficient (Wildman–Crippen LogP) is 3.14. The molecule has 2 aromatic rings. The van der Waals surface area contributed by atoms with Crippen molar-refractivity contribution in [3.05, 3.63) is 40.7 Å². The third kappa shape index (κ3) is 2.85. The van der Waals surface area contributed by atoms with Crippen LogP contribution in [0.2, 0.25) is 0 Å². The molecule has 2 aromatic heterocycles. The minimum Gasteiger partial charge on any atom is -0.459 e. The maximum Gasteiger partial charge on any atom is 0.291 e. The number of aryl methyl sites for hydroxylation is 1. The zero-order chi connectivity index (χ0) is 14.8. The van der Waals surface area contributed by atoms with Crippen molar-refractivity contribution in [1.29, 1.82) is 0 Å². The molecule has 3 rings (SSSR count). The summed E-state index contributed by atoms with van der Waals surface area (Å²) in [4.78, 5) is 26.9. The number of rotatable bonds is 3. The number of hydrogen-bond acceptors (Lipinski definition) is 4. The van der Waals surface area contributed by atoms with E-state index in [1.165, 1.54) is 17.6 Å². The van der Waals surface area contributed by atoms with Crippen LogP contribution in [0.4, 0.5) is 5.00 Å². The molecule has 0 aliphatic carbocycles. The first-order chi connectivity index (χ1) is 10.1. The number of thiophene rings is 1. The lowest BCUT2D eigenvalue weighted by Crippen LogP contribution is -2.27. The highest BCUT2D eigenvalue weighted by Gasteiger charge is 2.23. The summed E-state index contributed by atoms with van der Waals surface area (Å²) < 4.78 is 5.05. The van der Waals surface area contributed by atoms with Gasteiger partial charge in [0.2, 0.25) is 0 Å². The number of anilines is 1. The number of hydrogen-bond donors (Lipinski definition) is 1. The SMILES string of the molecule is Cc1cc(NC(=O)c2ccco2)sc1C(=O)N1CCCC1. The molecule has 3 heterocycles. The van der Waals surface area contributed by atoms with Crippen molar-refractivity contribution >= 4 is 28.2 Å². The van der Waals surface area contributed by atoms with Crippen LogP contribution >= 0.6 is 11.3 Å². The Morgan fingerprint density at radius 1 is 1.33 bits per heavy atom. The summed E-state index contributed by atoms with van der Waals surface area (Å²) in [6, 6.07) is 5.10. The van der Waals surface area contributed by atoms with E-state index in [2.05, 4.69) is 5.32 Å². The van der Waals surface area contributed by atoms with Crippen LogP contribution in [0.5, 0.6) is 0 Å². The second-order valence-corrected chi connectivity index (χ2v) is 6.11. The first kappa shape index (κ1) is 13.9. The Kier molecular flexibility index (Phi) is 3.79. The van der Waals surface area contributed by atoms with Crippen molar-refractivity contribution < 1.29 is 14.0 Å². The van der Waals surface area contributed by atoms with Gasteiger partial charge in [-0.25, -0.2) is 0 Å². The molecule has 1 aliphatic rings. The summed E-state index contributed by atoms with van der Waals surface area (Å²) in [5, 5.41) is 3.43. The van der Waals surface area contributed by atoms with Crippen LogP contribution in [-0.4, -0.2) is 29.8 Å². The fraction of sp³-hybridized carbons (Fsp3) is 0.333. The Bertz CT molecular complexity index is 655. The number of likely N-dealkylation sites (tertiary alicyclic amines) is 1. The van der Waals surface area contributed by atoms with Crippen LogP contribution in [0.3, 0.4) is 0 Å². The fourth-order valence-electron chi connectivity index (χ4n) is 2.40. The van der Waals surface area contributed by atoms with E-state index in [-0.39, 0.29) is 17.6 Å². The molecule has 1 N–H and O–H groups in total. The minimum atomic E-state index is -0.304. The molecule has 1 aliphatic heterocycles. The van der Waals surface area contributed by atoms with E-state index in [0.29, 0.717) is 9.88 Å². The molecule has 21 heavy (non-hydrogen) atoms. The maximum absolute atomic E-state index is 12.4. The molecule has 0 bridgehead atoms. The maximum atomic E-state index is 12.4. The predicted molar refractivity (Wildman–Crippen MR) is 80.9 cm³/mol. The smallest absolute Gasteiger partial charge is 0.291 e. The van der Waals surface area contributed by atoms with Crippen molar-refractivity contribution in [3.63, 3.8) is 0 Å². The average molecular weight is 304 g/mol. The number of nitrogens with one attached hydrogen (secondary N) is 1. The molecule has 1 saturated heterocycles.